The monoisotopic (exact) mass is 384 g/mol. The molecule has 3 rings (SSSR count). The first-order valence-electron chi connectivity index (χ1n) is 9.92. The Morgan fingerprint density at radius 2 is 1.82 bits per heavy atom. The fourth-order valence-electron chi connectivity index (χ4n) is 3.54. The van der Waals surface area contributed by atoms with E-state index < -0.39 is 0 Å². The van der Waals surface area contributed by atoms with Crippen molar-refractivity contribution in [3.8, 4) is 0 Å². The van der Waals surface area contributed by atoms with Crippen LogP contribution in [0.2, 0.25) is 0 Å². The van der Waals surface area contributed by atoms with E-state index in [1.54, 1.807) is 13.0 Å². The summed E-state index contributed by atoms with van der Waals surface area (Å²) < 4.78 is 5.00. The second-order valence-electron chi connectivity index (χ2n) is 7.16. The second-order valence-corrected chi connectivity index (χ2v) is 7.16. The molecule has 0 unspecified atom stereocenters. The van der Waals surface area contributed by atoms with Crippen LogP contribution in [0.25, 0.3) is 0 Å². The molecule has 7 heteroatoms. The molecule has 0 bridgehead atoms. The molecule has 1 aliphatic heterocycles. The lowest BCUT2D eigenvalue weighted by Crippen LogP contribution is -2.47. The summed E-state index contributed by atoms with van der Waals surface area (Å²) in [5, 5.41) is 9.81. The fraction of sp³-hybridized carbons (Fsp3) is 0.476. The van der Waals surface area contributed by atoms with Crippen LogP contribution in [0.3, 0.4) is 0 Å². The van der Waals surface area contributed by atoms with Gasteiger partial charge in [-0.1, -0.05) is 37.2 Å². The number of hydrogen-bond acceptors (Lipinski definition) is 4. The summed E-state index contributed by atoms with van der Waals surface area (Å²) in [6, 6.07) is 7.72. The summed E-state index contributed by atoms with van der Waals surface area (Å²) in [6.07, 6.45) is 3.17. The molecule has 0 aliphatic carbocycles. The van der Waals surface area contributed by atoms with Crippen LogP contribution in [0.15, 0.2) is 28.8 Å². The molecule has 1 aromatic heterocycles. The van der Waals surface area contributed by atoms with Gasteiger partial charge >= 0.3 is 6.03 Å². The van der Waals surface area contributed by atoms with E-state index in [0.717, 1.165) is 29.7 Å². The molecule has 2 aromatic rings. The van der Waals surface area contributed by atoms with Crippen LogP contribution < -0.4 is 10.6 Å². The smallest absolute Gasteiger partial charge is 0.321 e. The van der Waals surface area contributed by atoms with Crippen LogP contribution in [0, 0.1) is 6.92 Å². The zero-order valence-corrected chi connectivity index (χ0v) is 16.7. The molecule has 0 saturated carbocycles. The molecule has 1 aliphatic rings. The lowest BCUT2D eigenvalue weighted by Gasteiger charge is -2.32. The first-order chi connectivity index (χ1) is 13.5. The van der Waals surface area contributed by atoms with Gasteiger partial charge in [-0.2, -0.15) is 0 Å². The van der Waals surface area contributed by atoms with Crippen molar-refractivity contribution >= 4 is 17.6 Å². The Kier molecular flexibility index (Phi) is 6.34. The van der Waals surface area contributed by atoms with Crippen molar-refractivity contribution < 1.29 is 14.1 Å². The van der Waals surface area contributed by atoms with Crippen molar-refractivity contribution in [1.29, 1.82) is 0 Å². The van der Waals surface area contributed by atoms with Gasteiger partial charge in [-0.25, -0.2) is 4.79 Å². The lowest BCUT2D eigenvalue weighted by atomic mass is 10.0. The van der Waals surface area contributed by atoms with Crippen LogP contribution in [-0.2, 0) is 12.8 Å². The number of rotatable bonds is 5. The molecule has 7 nitrogen and oxygen atoms in total. The van der Waals surface area contributed by atoms with Crippen molar-refractivity contribution in [3.63, 3.8) is 0 Å². The van der Waals surface area contributed by atoms with E-state index in [2.05, 4.69) is 41.8 Å². The molecule has 2 heterocycles. The van der Waals surface area contributed by atoms with Crippen molar-refractivity contribution in [3.05, 3.63) is 46.8 Å². The molecule has 2 N–H and O–H groups in total. The van der Waals surface area contributed by atoms with Gasteiger partial charge in [0.1, 0.15) is 0 Å². The number of amides is 3. The minimum absolute atomic E-state index is 0.0242. The second kappa shape index (κ2) is 8.91. The highest BCUT2D eigenvalue weighted by Gasteiger charge is 2.25. The number of piperidine rings is 1. The van der Waals surface area contributed by atoms with Gasteiger partial charge in [-0.05, 0) is 43.7 Å². The minimum atomic E-state index is -0.257. The maximum atomic E-state index is 12.8. The standard InChI is InChI=1S/C21H28N4O3/c1-4-15-7-6-8-16(5-2)19(15)23-21(27)25-11-9-17(10-12-25)22-20(26)18-13-14(3)24-28-18/h6-8,13,17H,4-5,9-12H2,1-3H3,(H,22,26)(H,23,27). The number of urea groups is 1. The van der Waals surface area contributed by atoms with E-state index in [1.165, 1.54) is 0 Å². The zero-order valence-electron chi connectivity index (χ0n) is 16.7. The maximum absolute atomic E-state index is 12.8. The molecular formula is C21H28N4O3. The summed E-state index contributed by atoms with van der Waals surface area (Å²) in [7, 11) is 0. The number of likely N-dealkylation sites (tertiary alicyclic amines) is 1. The molecule has 0 radical (unpaired) electrons. The van der Waals surface area contributed by atoms with Gasteiger partial charge < -0.3 is 20.1 Å². The van der Waals surface area contributed by atoms with Gasteiger partial charge in [0.05, 0.1) is 5.69 Å². The average Bonchev–Trinajstić information content (AvgIpc) is 3.15. The van der Waals surface area contributed by atoms with Gasteiger partial charge in [0, 0.05) is 30.9 Å². The molecule has 150 valence electrons. The number of para-hydroxylation sites is 1. The number of aryl methyl sites for hydroxylation is 3. The van der Waals surface area contributed by atoms with E-state index in [0.29, 0.717) is 31.6 Å². The quantitative estimate of drug-likeness (QED) is 0.825. The van der Waals surface area contributed by atoms with E-state index in [1.807, 2.05) is 11.0 Å². The molecule has 3 amide bonds. The first-order valence-corrected chi connectivity index (χ1v) is 9.92. The molecule has 0 atom stereocenters. The van der Waals surface area contributed by atoms with Crippen LogP contribution in [-0.4, -0.2) is 41.1 Å². The Hall–Kier alpha value is -2.83. The Bertz CT molecular complexity index is 816. The Balaban J connectivity index is 1.55. The van der Waals surface area contributed by atoms with Gasteiger partial charge in [-0.3, -0.25) is 4.79 Å². The summed E-state index contributed by atoms with van der Waals surface area (Å²) in [5.74, 6) is -0.0334. The van der Waals surface area contributed by atoms with Crippen molar-refractivity contribution in [1.82, 2.24) is 15.4 Å². The van der Waals surface area contributed by atoms with E-state index >= 15 is 0 Å². The number of carbonyl (C=O) groups excluding carboxylic acids is 2. The Morgan fingerprint density at radius 1 is 1.18 bits per heavy atom. The zero-order chi connectivity index (χ0) is 20.1. The predicted molar refractivity (Wildman–Crippen MR) is 108 cm³/mol. The van der Waals surface area contributed by atoms with E-state index in [4.69, 9.17) is 4.52 Å². The highest BCUT2D eigenvalue weighted by molar-refractivity contribution is 5.92. The maximum Gasteiger partial charge on any atom is 0.321 e. The van der Waals surface area contributed by atoms with E-state index in [-0.39, 0.29) is 23.7 Å². The van der Waals surface area contributed by atoms with Crippen LogP contribution in [0.4, 0.5) is 10.5 Å². The number of benzene rings is 1. The summed E-state index contributed by atoms with van der Waals surface area (Å²) in [5.41, 5.74) is 3.92. The molecule has 1 fully saturated rings. The van der Waals surface area contributed by atoms with Crippen molar-refractivity contribution in [2.75, 3.05) is 18.4 Å². The van der Waals surface area contributed by atoms with Crippen molar-refractivity contribution in [2.24, 2.45) is 0 Å². The third kappa shape index (κ3) is 4.52. The summed E-state index contributed by atoms with van der Waals surface area (Å²) in [6.45, 7) is 7.16. The fourth-order valence-corrected chi connectivity index (χ4v) is 3.54. The predicted octanol–water partition coefficient (Wildman–Crippen LogP) is 3.53. The highest BCUT2D eigenvalue weighted by atomic mass is 16.5. The third-order valence-electron chi connectivity index (χ3n) is 5.20. The summed E-state index contributed by atoms with van der Waals surface area (Å²) >= 11 is 0. The minimum Gasteiger partial charge on any atom is -0.351 e. The first kappa shape index (κ1) is 19.9. The number of carbonyl (C=O) groups is 2. The normalized spacial score (nSPS) is 14.8. The molecule has 0 spiro atoms. The number of nitrogens with one attached hydrogen (secondary N) is 2. The number of hydrogen-bond donors (Lipinski definition) is 2. The van der Waals surface area contributed by atoms with Crippen LogP contribution in [0.5, 0.6) is 0 Å². The number of aromatic nitrogens is 1. The molecule has 1 aromatic carbocycles. The molecule has 1 saturated heterocycles. The Labute approximate surface area is 165 Å². The molecule has 28 heavy (non-hydrogen) atoms. The van der Waals surface area contributed by atoms with Crippen LogP contribution in [0.1, 0.15) is 54.1 Å². The highest BCUT2D eigenvalue weighted by Crippen LogP contribution is 2.23. The van der Waals surface area contributed by atoms with Crippen LogP contribution >= 0.6 is 0 Å². The third-order valence-corrected chi connectivity index (χ3v) is 5.20. The van der Waals surface area contributed by atoms with E-state index in [9.17, 15) is 9.59 Å². The van der Waals surface area contributed by atoms with Gasteiger partial charge in [0.25, 0.3) is 5.91 Å². The van der Waals surface area contributed by atoms with Gasteiger partial charge in [0.2, 0.25) is 5.76 Å². The topological polar surface area (TPSA) is 87.5 Å². The van der Waals surface area contributed by atoms with Crippen molar-refractivity contribution in [2.45, 2.75) is 52.5 Å². The average molecular weight is 384 g/mol. The SMILES string of the molecule is CCc1cccc(CC)c1NC(=O)N1CCC(NC(=O)c2cc(C)no2)CC1. The number of anilines is 1. The number of nitrogens with zero attached hydrogens (tertiary/aromatic N) is 2. The largest absolute Gasteiger partial charge is 0.351 e. The Morgan fingerprint density at radius 3 is 2.36 bits per heavy atom. The lowest BCUT2D eigenvalue weighted by molar-refractivity contribution is 0.0882. The van der Waals surface area contributed by atoms with Gasteiger partial charge in [0.15, 0.2) is 0 Å². The van der Waals surface area contributed by atoms with Gasteiger partial charge in [-0.15, -0.1) is 0 Å². The summed E-state index contributed by atoms with van der Waals surface area (Å²) in [4.78, 5) is 26.8. The molecular weight excluding hydrogens is 356 g/mol.